The van der Waals surface area contributed by atoms with Gasteiger partial charge in [0, 0.05) is 22.9 Å². The van der Waals surface area contributed by atoms with Crippen molar-refractivity contribution in [3.05, 3.63) is 69.3 Å². The van der Waals surface area contributed by atoms with Gasteiger partial charge in [0.05, 0.1) is 4.92 Å². The van der Waals surface area contributed by atoms with Crippen molar-refractivity contribution in [1.29, 1.82) is 0 Å². The number of nitrogens with zero attached hydrogens (tertiary/aromatic N) is 1. The van der Waals surface area contributed by atoms with Gasteiger partial charge in [-0.2, -0.15) is 0 Å². The van der Waals surface area contributed by atoms with Gasteiger partial charge in [-0.3, -0.25) is 14.9 Å². The molecule has 0 heterocycles. The van der Waals surface area contributed by atoms with E-state index < -0.39 is 27.9 Å². The van der Waals surface area contributed by atoms with Crippen molar-refractivity contribution >= 4 is 23.1 Å². The number of nitro benzene ring substituents is 1. The quantitative estimate of drug-likeness (QED) is 0.384. The van der Waals surface area contributed by atoms with E-state index in [1.165, 1.54) is 36.4 Å². The molecule has 21 heavy (non-hydrogen) atoms. The molecule has 0 aliphatic heterocycles. The number of nitrogen functional groups attached to an aromatic ring is 1. The average molecular weight is 286 g/mol. The summed E-state index contributed by atoms with van der Waals surface area (Å²) in [5, 5.41) is 20.1. The zero-order valence-electron chi connectivity index (χ0n) is 10.6. The first-order valence-corrected chi connectivity index (χ1v) is 5.82. The topological polar surface area (TPSA) is 124 Å². The Labute approximate surface area is 118 Å². The highest BCUT2D eigenvalue weighted by Crippen LogP contribution is 2.24. The molecule has 0 amide bonds. The summed E-state index contributed by atoms with van der Waals surface area (Å²) in [7, 11) is 0. The van der Waals surface area contributed by atoms with Crippen LogP contribution in [0, 0.1) is 10.1 Å². The third-order valence-corrected chi connectivity index (χ3v) is 2.87. The van der Waals surface area contributed by atoms with E-state index in [-0.39, 0.29) is 11.1 Å². The maximum Gasteiger partial charge on any atom is 0.343 e. The van der Waals surface area contributed by atoms with Crippen LogP contribution in [0.2, 0.25) is 0 Å². The largest absolute Gasteiger partial charge is 0.477 e. The monoisotopic (exact) mass is 286 g/mol. The summed E-state index contributed by atoms with van der Waals surface area (Å²) in [6.45, 7) is 0. The van der Waals surface area contributed by atoms with Crippen molar-refractivity contribution in [2.24, 2.45) is 0 Å². The molecule has 0 bridgehead atoms. The molecule has 0 unspecified atom stereocenters. The number of carbonyl (C=O) groups is 2. The van der Waals surface area contributed by atoms with Crippen molar-refractivity contribution in [2.75, 3.05) is 5.73 Å². The van der Waals surface area contributed by atoms with Crippen LogP contribution >= 0.6 is 0 Å². The second-order valence-corrected chi connectivity index (χ2v) is 4.21. The number of rotatable bonds is 4. The van der Waals surface area contributed by atoms with E-state index in [1.54, 1.807) is 0 Å². The number of carboxylic acid groups (broad SMARTS) is 1. The van der Waals surface area contributed by atoms with Crippen molar-refractivity contribution in [2.45, 2.75) is 0 Å². The Morgan fingerprint density at radius 2 is 1.71 bits per heavy atom. The number of nitro groups is 1. The van der Waals surface area contributed by atoms with Crippen LogP contribution in [0.25, 0.3) is 0 Å². The number of carbonyl (C=O) groups excluding carboxylic acids is 1. The molecule has 2 rings (SSSR count). The molecule has 3 N–H and O–H groups in total. The molecular weight excluding hydrogens is 276 g/mol. The minimum atomic E-state index is -1.53. The van der Waals surface area contributed by atoms with Gasteiger partial charge in [0.25, 0.3) is 5.69 Å². The number of hydrogen-bond acceptors (Lipinski definition) is 5. The highest BCUT2D eigenvalue weighted by molar-refractivity contribution is 6.15. The zero-order valence-corrected chi connectivity index (χ0v) is 10.6. The number of ketones is 1. The molecule has 2 aromatic carbocycles. The molecule has 106 valence electrons. The van der Waals surface area contributed by atoms with Gasteiger partial charge in [-0.25, -0.2) is 4.79 Å². The lowest BCUT2D eigenvalue weighted by Gasteiger charge is -2.06. The molecule has 0 aromatic heterocycles. The van der Waals surface area contributed by atoms with Gasteiger partial charge in [-0.05, 0) is 30.3 Å². The molecule has 0 atom stereocenters. The molecular formula is C14H10N2O5. The Balaban J connectivity index is 2.60. The third-order valence-electron chi connectivity index (χ3n) is 2.87. The molecule has 7 heteroatoms. The van der Waals surface area contributed by atoms with Crippen molar-refractivity contribution < 1.29 is 19.6 Å². The summed E-state index contributed by atoms with van der Waals surface area (Å²) in [6.07, 6.45) is 0. The predicted octanol–water partition coefficient (Wildman–Crippen LogP) is 2.11. The standard InChI is InChI=1S/C14H10N2O5/c15-9-6-4-8(5-7-9)13(17)10-2-1-3-11(16(20)21)12(10)14(18)19/h1-7H,15H2,(H,18,19). The summed E-state index contributed by atoms with van der Waals surface area (Å²) >= 11 is 0. The fourth-order valence-electron chi connectivity index (χ4n) is 1.90. The van der Waals surface area contributed by atoms with Crippen LogP contribution in [0.5, 0.6) is 0 Å². The van der Waals surface area contributed by atoms with Crippen molar-refractivity contribution in [3.63, 3.8) is 0 Å². The van der Waals surface area contributed by atoms with Gasteiger partial charge in [-0.1, -0.05) is 6.07 Å². The summed E-state index contributed by atoms with van der Waals surface area (Å²) < 4.78 is 0. The SMILES string of the molecule is Nc1ccc(C(=O)c2cccc([N+](=O)[O-])c2C(=O)O)cc1. The molecule has 0 saturated heterocycles. The second-order valence-electron chi connectivity index (χ2n) is 4.21. The highest BCUT2D eigenvalue weighted by Gasteiger charge is 2.27. The highest BCUT2D eigenvalue weighted by atomic mass is 16.6. The maximum absolute atomic E-state index is 12.3. The van der Waals surface area contributed by atoms with E-state index in [0.29, 0.717) is 5.69 Å². The van der Waals surface area contributed by atoms with E-state index in [9.17, 15) is 19.7 Å². The predicted molar refractivity (Wildman–Crippen MR) is 74.3 cm³/mol. The molecule has 0 aliphatic carbocycles. The lowest BCUT2D eigenvalue weighted by molar-refractivity contribution is -0.385. The van der Waals surface area contributed by atoms with Crippen LogP contribution in [0.4, 0.5) is 11.4 Å². The summed E-state index contributed by atoms with van der Waals surface area (Å²) in [5.41, 5.74) is 4.68. The third kappa shape index (κ3) is 2.71. The van der Waals surface area contributed by atoms with Crippen LogP contribution in [-0.4, -0.2) is 21.8 Å². The number of anilines is 1. The van der Waals surface area contributed by atoms with E-state index >= 15 is 0 Å². The molecule has 0 fully saturated rings. The van der Waals surface area contributed by atoms with Gasteiger partial charge >= 0.3 is 5.97 Å². The number of aromatic carboxylic acids is 1. The Morgan fingerprint density at radius 1 is 1.10 bits per heavy atom. The first kappa shape index (κ1) is 14.2. The van der Waals surface area contributed by atoms with Crippen LogP contribution in [0.1, 0.15) is 26.3 Å². The zero-order chi connectivity index (χ0) is 15.6. The summed E-state index contributed by atoms with van der Waals surface area (Å²) in [4.78, 5) is 33.7. The molecule has 2 aromatic rings. The summed E-state index contributed by atoms with van der Waals surface area (Å²) in [6, 6.07) is 9.41. The minimum Gasteiger partial charge on any atom is -0.477 e. The van der Waals surface area contributed by atoms with Gasteiger partial charge in [0.1, 0.15) is 5.56 Å². The fraction of sp³-hybridized carbons (Fsp3) is 0. The van der Waals surface area contributed by atoms with Gasteiger partial charge in [0.2, 0.25) is 0 Å². The van der Waals surface area contributed by atoms with Crippen LogP contribution in [-0.2, 0) is 0 Å². The Morgan fingerprint density at radius 3 is 2.24 bits per heavy atom. The van der Waals surface area contributed by atoms with Crippen molar-refractivity contribution in [3.8, 4) is 0 Å². The van der Waals surface area contributed by atoms with Crippen LogP contribution < -0.4 is 5.73 Å². The van der Waals surface area contributed by atoms with Crippen LogP contribution in [0.3, 0.4) is 0 Å². The van der Waals surface area contributed by atoms with E-state index in [4.69, 9.17) is 10.8 Å². The lowest BCUT2D eigenvalue weighted by atomic mass is 9.97. The normalized spacial score (nSPS) is 10.1. The van der Waals surface area contributed by atoms with E-state index in [1.807, 2.05) is 0 Å². The second kappa shape index (κ2) is 5.41. The van der Waals surface area contributed by atoms with Gasteiger partial charge in [-0.15, -0.1) is 0 Å². The first-order valence-electron chi connectivity index (χ1n) is 5.82. The number of benzene rings is 2. The number of hydrogen-bond donors (Lipinski definition) is 2. The number of carboxylic acids is 1. The lowest BCUT2D eigenvalue weighted by Crippen LogP contribution is -2.12. The molecule has 7 nitrogen and oxygen atoms in total. The van der Waals surface area contributed by atoms with Gasteiger partial charge in [0.15, 0.2) is 5.78 Å². The Bertz CT molecular complexity index is 738. The summed E-state index contributed by atoms with van der Waals surface area (Å²) in [5.74, 6) is -2.14. The van der Waals surface area contributed by atoms with Crippen molar-refractivity contribution in [1.82, 2.24) is 0 Å². The first-order chi connectivity index (χ1) is 9.91. The molecule has 0 saturated carbocycles. The fourth-order valence-corrected chi connectivity index (χ4v) is 1.90. The maximum atomic E-state index is 12.3. The smallest absolute Gasteiger partial charge is 0.343 e. The average Bonchev–Trinajstić information content (AvgIpc) is 2.46. The Hall–Kier alpha value is -3.22. The molecule has 0 radical (unpaired) electrons. The van der Waals surface area contributed by atoms with E-state index in [0.717, 1.165) is 6.07 Å². The van der Waals surface area contributed by atoms with Gasteiger partial charge < -0.3 is 10.8 Å². The molecule has 0 spiro atoms. The Kier molecular flexibility index (Phi) is 3.66. The van der Waals surface area contributed by atoms with E-state index in [2.05, 4.69) is 0 Å². The minimum absolute atomic E-state index is 0.201. The van der Waals surface area contributed by atoms with Crippen LogP contribution in [0.15, 0.2) is 42.5 Å². The molecule has 0 aliphatic rings. The number of nitrogens with two attached hydrogens (primary N) is 1.